The van der Waals surface area contributed by atoms with E-state index >= 15 is 0 Å². The van der Waals surface area contributed by atoms with Crippen molar-refractivity contribution in [3.05, 3.63) is 34.9 Å². The average molecular weight is 249 g/mol. The third kappa shape index (κ3) is 3.23. The summed E-state index contributed by atoms with van der Waals surface area (Å²) in [7, 11) is -2.44. The molecule has 0 saturated heterocycles. The van der Waals surface area contributed by atoms with Crippen LogP contribution in [0.5, 0.6) is 0 Å². The van der Waals surface area contributed by atoms with Crippen LogP contribution in [-0.2, 0) is 10.2 Å². The lowest BCUT2D eigenvalue weighted by Gasteiger charge is -2.21. The van der Waals surface area contributed by atoms with Gasteiger partial charge in [-0.25, -0.2) is 0 Å². The third-order valence-corrected chi connectivity index (χ3v) is 3.16. The van der Waals surface area contributed by atoms with Crippen LogP contribution < -0.4 is 5.73 Å². The van der Waals surface area contributed by atoms with Gasteiger partial charge in [0, 0.05) is 11.6 Å². The molecule has 0 aromatic heterocycles. The largest absolute Gasteiger partial charge is 0.508 e. The minimum Gasteiger partial charge on any atom is -0.379 e. The molecule has 1 aromatic rings. The molecule has 0 aliphatic carbocycles. The van der Waals surface area contributed by atoms with Crippen LogP contribution in [0.15, 0.2) is 24.3 Å². The number of aliphatic hydroxyl groups is 1. The Labute approximate surface area is 93.5 Å². The van der Waals surface area contributed by atoms with Gasteiger partial charge in [0.2, 0.25) is 6.16 Å². The van der Waals surface area contributed by atoms with Crippen molar-refractivity contribution in [1.82, 2.24) is 0 Å². The first kappa shape index (κ1) is 12.6. The minimum absolute atomic E-state index is 0.115. The molecule has 0 aliphatic heterocycles. The summed E-state index contributed by atoms with van der Waals surface area (Å²) in [6.07, 6.45) is -0.277. The Balaban J connectivity index is 3.00. The van der Waals surface area contributed by atoms with E-state index in [1.807, 2.05) is 0 Å². The van der Waals surface area contributed by atoms with Gasteiger partial charge in [0.25, 0.3) is 0 Å². The van der Waals surface area contributed by atoms with Gasteiger partial charge in [-0.3, -0.25) is 0 Å². The Bertz CT molecular complexity index is 357. The van der Waals surface area contributed by atoms with Crippen molar-refractivity contribution in [1.29, 1.82) is 0 Å². The smallest absolute Gasteiger partial charge is 0.379 e. The topological polar surface area (TPSA) is 83.5 Å². The lowest BCUT2D eigenvalue weighted by molar-refractivity contribution is 0.0689. The maximum atomic E-state index is 10.7. The van der Waals surface area contributed by atoms with Gasteiger partial charge in [-0.2, -0.15) is 4.89 Å². The van der Waals surface area contributed by atoms with Gasteiger partial charge in [-0.15, -0.1) is 0 Å². The Kier molecular flexibility index (Phi) is 4.20. The Morgan fingerprint density at radius 1 is 1.40 bits per heavy atom. The van der Waals surface area contributed by atoms with Crippen molar-refractivity contribution in [2.24, 2.45) is 5.73 Å². The molecule has 2 atom stereocenters. The van der Waals surface area contributed by atoms with E-state index in [1.165, 1.54) is 0 Å². The van der Waals surface area contributed by atoms with E-state index < -0.39 is 13.6 Å². The van der Waals surface area contributed by atoms with Gasteiger partial charge in [-0.1, -0.05) is 23.7 Å². The fourth-order valence-electron chi connectivity index (χ4n) is 1.26. The number of nitrogens with two attached hydrogens (primary N) is 1. The lowest BCUT2D eigenvalue weighted by atomic mass is 9.96. The monoisotopic (exact) mass is 248 g/mol. The maximum Gasteiger partial charge on any atom is 0.508 e. The SMILES string of the molecule is NC[C@](O)(C[P+](=O)O)c1ccc(Cl)cc1. The maximum absolute atomic E-state index is 10.7. The molecule has 0 amide bonds. The molecule has 82 valence electrons. The first-order chi connectivity index (χ1) is 6.98. The van der Waals surface area contributed by atoms with Crippen molar-refractivity contribution >= 4 is 19.6 Å². The molecule has 0 heterocycles. The van der Waals surface area contributed by atoms with Gasteiger partial charge < -0.3 is 10.8 Å². The first-order valence-corrected chi connectivity index (χ1v) is 6.07. The lowest BCUT2D eigenvalue weighted by Crippen LogP contribution is -2.37. The first-order valence-electron chi connectivity index (χ1n) is 4.30. The Morgan fingerprint density at radius 2 is 1.93 bits per heavy atom. The van der Waals surface area contributed by atoms with Crippen LogP contribution in [0.25, 0.3) is 0 Å². The van der Waals surface area contributed by atoms with E-state index in [0.29, 0.717) is 10.6 Å². The van der Waals surface area contributed by atoms with Crippen LogP contribution in [0.3, 0.4) is 0 Å². The van der Waals surface area contributed by atoms with Gasteiger partial charge in [0.1, 0.15) is 5.60 Å². The van der Waals surface area contributed by atoms with E-state index in [1.54, 1.807) is 24.3 Å². The Hall–Kier alpha value is -0.510. The van der Waals surface area contributed by atoms with Crippen LogP contribution >= 0.6 is 19.6 Å². The van der Waals surface area contributed by atoms with Gasteiger partial charge in [-0.05, 0) is 22.3 Å². The van der Waals surface area contributed by atoms with Gasteiger partial charge in [0.15, 0.2) is 0 Å². The molecule has 1 rings (SSSR count). The van der Waals surface area contributed by atoms with Crippen molar-refractivity contribution in [3.8, 4) is 0 Å². The molecule has 0 spiro atoms. The second kappa shape index (κ2) is 5.01. The predicted molar refractivity (Wildman–Crippen MR) is 59.1 cm³/mol. The van der Waals surface area contributed by atoms with Gasteiger partial charge in [0.05, 0.1) is 0 Å². The highest BCUT2D eigenvalue weighted by atomic mass is 35.5. The van der Waals surface area contributed by atoms with Crippen LogP contribution in [-0.4, -0.2) is 22.7 Å². The molecule has 4 N–H and O–H groups in total. The summed E-state index contributed by atoms with van der Waals surface area (Å²) >= 11 is 5.69. The second-order valence-electron chi connectivity index (χ2n) is 3.25. The van der Waals surface area contributed by atoms with Crippen LogP contribution in [0.4, 0.5) is 0 Å². The fourth-order valence-corrected chi connectivity index (χ4v) is 2.14. The molecule has 0 fully saturated rings. The molecular formula is C9H12ClNO3P+. The number of halogens is 1. The molecule has 15 heavy (non-hydrogen) atoms. The highest BCUT2D eigenvalue weighted by Crippen LogP contribution is 2.30. The third-order valence-electron chi connectivity index (χ3n) is 2.12. The zero-order valence-corrected chi connectivity index (χ0v) is 9.58. The molecule has 1 aromatic carbocycles. The van der Waals surface area contributed by atoms with Crippen LogP contribution in [0.1, 0.15) is 5.56 Å². The number of benzene rings is 1. The van der Waals surface area contributed by atoms with E-state index in [0.717, 1.165) is 0 Å². The zero-order valence-electron chi connectivity index (χ0n) is 7.93. The highest BCUT2D eigenvalue weighted by Gasteiger charge is 2.36. The van der Waals surface area contributed by atoms with E-state index in [4.69, 9.17) is 22.2 Å². The number of hydrogen-bond donors (Lipinski definition) is 3. The molecule has 1 unspecified atom stereocenters. The number of hydrogen-bond acceptors (Lipinski definition) is 3. The predicted octanol–water partition coefficient (Wildman–Crippen LogP) is 1.22. The molecular weight excluding hydrogens is 237 g/mol. The summed E-state index contributed by atoms with van der Waals surface area (Å²) in [5.41, 5.74) is 4.43. The minimum atomic E-state index is -2.44. The summed E-state index contributed by atoms with van der Waals surface area (Å²) in [6, 6.07) is 6.38. The van der Waals surface area contributed by atoms with Crippen molar-refractivity contribution in [3.63, 3.8) is 0 Å². The quantitative estimate of drug-likeness (QED) is 0.700. The molecule has 0 aliphatic rings. The summed E-state index contributed by atoms with van der Waals surface area (Å²) in [5.74, 6) is 0. The molecule has 0 saturated carbocycles. The molecule has 6 heteroatoms. The molecule has 0 bridgehead atoms. The average Bonchev–Trinajstić information content (AvgIpc) is 2.17. The zero-order chi connectivity index (χ0) is 11.5. The van der Waals surface area contributed by atoms with Crippen molar-refractivity contribution < 1.29 is 14.6 Å². The van der Waals surface area contributed by atoms with E-state index in [-0.39, 0.29) is 12.7 Å². The fraction of sp³-hybridized carbons (Fsp3) is 0.333. The molecule has 0 radical (unpaired) electrons. The summed E-state index contributed by atoms with van der Waals surface area (Å²) in [6.45, 7) is -0.115. The second-order valence-corrected chi connectivity index (χ2v) is 4.71. The van der Waals surface area contributed by atoms with E-state index in [2.05, 4.69) is 0 Å². The van der Waals surface area contributed by atoms with E-state index in [9.17, 15) is 9.67 Å². The van der Waals surface area contributed by atoms with Crippen molar-refractivity contribution in [2.45, 2.75) is 5.60 Å². The van der Waals surface area contributed by atoms with Crippen LogP contribution in [0.2, 0.25) is 5.02 Å². The summed E-state index contributed by atoms with van der Waals surface area (Å²) < 4.78 is 10.7. The van der Waals surface area contributed by atoms with Gasteiger partial charge >= 0.3 is 8.03 Å². The van der Waals surface area contributed by atoms with Crippen molar-refractivity contribution in [2.75, 3.05) is 12.7 Å². The molecule has 4 nitrogen and oxygen atoms in total. The number of rotatable bonds is 4. The normalized spacial score (nSPS) is 15.9. The summed E-state index contributed by atoms with van der Waals surface area (Å²) in [5, 5.41) is 10.6. The standard InChI is InChI=1S/C9H11ClNO3P/c10-8-3-1-7(2-4-8)9(12,5-11)6-15(13)14/h1-4,12H,5-6,11H2/p+1/t9-/m0/s1. The Morgan fingerprint density at radius 3 is 2.33 bits per heavy atom. The highest BCUT2D eigenvalue weighted by molar-refractivity contribution is 7.38. The summed E-state index contributed by atoms with van der Waals surface area (Å²) in [4.78, 5) is 8.80. The van der Waals surface area contributed by atoms with Crippen LogP contribution in [0, 0.1) is 0 Å².